The first kappa shape index (κ1) is 23.2. The van der Waals surface area contributed by atoms with E-state index in [-0.39, 0.29) is 6.10 Å². The van der Waals surface area contributed by atoms with Crippen LogP contribution in [-0.4, -0.2) is 18.2 Å². The summed E-state index contributed by atoms with van der Waals surface area (Å²) in [6.07, 6.45) is 0.488. The molecule has 0 unspecified atom stereocenters. The number of ether oxygens (including phenoxy) is 1. The van der Waals surface area contributed by atoms with Gasteiger partial charge in [-0.3, -0.25) is 0 Å². The number of carbonyl (C=O) groups excluding carboxylic acids is 1. The molecule has 33 heavy (non-hydrogen) atoms. The lowest BCUT2D eigenvalue weighted by molar-refractivity contribution is -0.188. The van der Waals surface area contributed by atoms with Crippen molar-refractivity contribution in [2.75, 3.05) is 0 Å². The van der Waals surface area contributed by atoms with Gasteiger partial charge in [0.1, 0.15) is 5.75 Å². The largest absolute Gasteiger partial charge is 0.491 e. The van der Waals surface area contributed by atoms with Crippen molar-refractivity contribution in [3.63, 3.8) is 0 Å². The van der Waals surface area contributed by atoms with Crippen molar-refractivity contribution in [2.24, 2.45) is 0 Å². The molecule has 1 saturated carbocycles. The van der Waals surface area contributed by atoms with Gasteiger partial charge >= 0.3 is 12.1 Å². The molecule has 3 aromatic carbocycles. The Balaban J connectivity index is 1.80. The van der Waals surface area contributed by atoms with Crippen LogP contribution < -0.4 is 4.74 Å². The summed E-state index contributed by atoms with van der Waals surface area (Å²) in [5, 5.41) is 0. The molecule has 174 valence electrons. The molecule has 7 heteroatoms. The first-order valence-corrected chi connectivity index (χ1v) is 12.5. The topological polar surface area (TPSA) is 35.5 Å². The SMILES string of the molecule is O=C(OS(c1ccccc1)(c1ccccc1)c1ccc(OC2CCCCC2)cc1)C(F)(F)F. The monoisotopic (exact) mass is 474 g/mol. The Bertz CT molecular complexity index is 1010. The van der Waals surface area contributed by atoms with Crippen LogP contribution in [-0.2, 0) is 8.98 Å². The summed E-state index contributed by atoms with van der Waals surface area (Å²) < 4.78 is 51.6. The summed E-state index contributed by atoms with van der Waals surface area (Å²) in [4.78, 5) is 13.6. The van der Waals surface area contributed by atoms with E-state index in [0.717, 1.165) is 25.7 Å². The smallest absolute Gasteiger partial charge is 0.490 e. The molecule has 0 bridgehead atoms. The minimum Gasteiger partial charge on any atom is -0.490 e. The number of benzene rings is 3. The predicted molar refractivity (Wildman–Crippen MR) is 121 cm³/mol. The Morgan fingerprint density at radius 2 is 1.21 bits per heavy atom. The molecule has 3 nitrogen and oxygen atoms in total. The van der Waals surface area contributed by atoms with E-state index in [4.69, 9.17) is 8.92 Å². The van der Waals surface area contributed by atoms with E-state index in [1.165, 1.54) is 6.42 Å². The fraction of sp³-hybridized carbons (Fsp3) is 0.269. The molecular formula is C26H25F3O3S. The fourth-order valence-corrected chi connectivity index (χ4v) is 7.05. The van der Waals surface area contributed by atoms with Gasteiger partial charge in [0.05, 0.1) is 6.10 Å². The van der Waals surface area contributed by atoms with Crippen molar-refractivity contribution in [3.05, 3.63) is 84.9 Å². The Hall–Kier alpha value is -2.93. The van der Waals surface area contributed by atoms with E-state index in [0.29, 0.717) is 20.4 Å². The molecule has 0 saturated heterocycles. The average Bonchev–Trinajstić information content (AvgIpc) is 2.84. The number of alkyl halides is 3. The Kier molecular flexibility index (Phi) is 6.98. The summed E-state index contributed by atoms with van der Waals surface area (Å²) in [7, 11) is -2.99. The number of rotatable bonds is 6. The lowest BCUT2D eigenvalue weighted by Crippen LogP contribution is -2.27. The van der Waals surface area contributed by atoms with Crippen molar-refractivity contribution in [2.45, 2.75) is 59.1 Å². The lowest BCUT2D eigenvalue weighted by Gasteiger charge is -2.39. The second-order valence-electron chi connectivity index (χ2n) is 7.90. The lowest BCUT2D eigenvalue weighted by atomic mass is 9.98. The molecule has 0 radical (unpaired) electrons. The highest BCUT2D eigenvalue weighted by atomic mass is 32.3. The van der Waals surface area contributed by atoms with Gasteiger partial charge in [-0.2, -0.15) is 13.2 Å². The first-order chi connectivity index (χ1) is 15.9. The second-order valence-corrected chi connectivity index (χ2v) is 10.6. The molecule has 0 N–H and O–H groups in total. The summed E-state index contributed by atoms with van der Waals surface area (Å²) in [6.45, 7) is 0. The number of halogens is 3. The van der Waals surface area contributed by atoms with Crippen LogP contribution in [0.3, 0.4) is 0 Å². The van der Waals surface area contributed by atoms with Crippen LogP contribution in [0.5, 0.6) is 5.75 Å². The molecule has 1 aliphatic rings. The van der Waals surface area contributed by atoms with Crippen LogP contribution in [0.4, 0.5) is 13.2 Å². The van der Waals surface area contributed by atoms with Crippen LogP contribution in [0.2, 0.25) is 0 Å². The zero-order chi connectivity index (χ0) is 23.3. The molecule has 1 fully saturated rings. The van der Waals surface area contributed by atoms with Gasteiger partial charge in [0.2, 0.25) is 0 Å². The quantitative estimate of drug-likeness (QED) is 0.367. The molecule has 3 aromatic rings. The maximum absolute atomic E-state index is 13.4. The molecule has 0 spiro atoms. The van der Waals surface area contributed by atoms with E-state index in [1.807, 2.05) is 0 Å². The maximum Gasteiger partial charge on any atom is 0.491 e. The molecule has 0 amide bonds. The molecule has 4 rings (SSSR count). The molecule has 0 heterocycles. The zero-order valence-corrected chi connectivity index (χ0v) is 18.8. The van der Waals surface area contributed by atoms with Gasteiger partial charge in [0.25, 0.3) is 0 Å². The Morgan fingerprint density at radius 3 is 1.70 bits per heavy atom. The van der Waals surface area contributed by atoms with Crippen molar-refractivity contribution in [1.29, 1.82) is 0 Å². The van der Waals surface area contributed by atoms with E-state index in [1.54, 1.807) is 84.9 Å². The van der Waals surface area contributed by atoms with Crippen molar-refractivity contribution >= 4 is 16.3 Å². The predicted octanol–water partition coefficient (Wildman–Crippen LogP) is 7.70. The van der Waals surface area contributed by atoms with E-state index in [9.17, 15) is 18.0 Å². The van der Waals surface area contributed by atoms with Gasteiger partial charge in [-0.25, -0.2) is 4.79 Å². The Labute approximate surface area is 193 Å². The van der Waals surface area contributed by atoms with E-state index in [2.05, 4.69) is 0 Å². The van der Waals surface area contributed by atoms with E-state index < -0.39 is 22.5 Å². The third-order valence-corrected chi connectivity index (χ3v) is 8.80. The van der Waals surface area contributed by atoms with Crippen molar-refractivity contribution in [3.8, 4) is 5.75 Å². The molecule has 0 atom stereocenters. The standard InChI is InChI=1S/C26H25F3O3S/c27-26(28,29)25(30)32-33(22-12-6-2-7-13-22,23-14-8-3-9-15-23)24-18-16-21(17-19-24)31-20-10-4-1-5-11-20/h2-3,6-9,12-20H,1,4-5,10-11H2. The van der Waals surface area contributed by atoms with Crippen LogP contribution in [0.15, 0.2) is 99.6 Å². The van der Waals surface area contributed by atoms with Gasteiger partial charge in [0, 0.05) is 14.7 Å². The van der Waals surface area contributed by atoms with Crippen LogP contribution >= 0.6 is 10.3 Å². The minimum atomic E-state index is -5.12. The van der Waals surface area contributed by atoms with Gasteiger partial charge < -0.3 is 8.92 Å². The summed E-state index contributed by atoms with van der Waals surface area (Å²) >= 11 is 0. The van der Waals surface area contributed by atoms with Crippen LogP contribution in [0, 0.1) is 0 Å². The van der Waals surface area contributed by atoms with Crippen molar-refractivity contribution in [1.82, 2.24) is 0 Å². The van der Waals surface area contributed by atoms with E-state index >= 15 is 0 Å². The van der Waals surface area contributed by atoms with Gasteiger partial charge in [-0.05, 0) is 84.5 Å². The summed E-state index contributed by atoms with van der Waals surface area (Å²) in [5.74, 6) is -1.56. The molecule has 0 aromatic heterocycles. The number of hydrogen-bond donors (Lipinski definition) is 0. The highest BCUT2D eigenvalue weighted by Crippen LogP contribution is 2.69. The fourth-order valence-electron chi connectivity index (χ4n) is 4.02. The summed E-state index contributed by atoms with van der Waals surface area (Å²) in [6, 6.07) is 24.1. The first-order valence-electron chi connectivity index (χ1n) is 10.9. The van der Waals surface area contributed by atoms with Crippen LogP contribution in [0.1, 0.15) is 32.1 Å². The highest BCUT2D eigenvalue weighted by Gasteiger charge is 2.47. The zero-order valence-electron chi connectivity index (χ0n) is 18.0. The molecular weight excluding hydrogens is 449 g/mol. The molecule has 1 aliphatic carbocycles. The van der Waals surface area contributed by atoms with Crippen LogP contribution in [0.25, 0.3) is 0 Å². The third kappa shape index (κ3) is 5.19. The summed E-state index contributed by atoms with van der Waals surface area (Å²) in [5.41, 5.74) is 0. The number of carbonyl (C=O) groups is 1. The highest BCUT2D eigenvalue weighted by molar-refractivity contribution is 8.30. The maximum atomic E-state index is 13.4. The second kappa shape index (κ2) is 9.91. The van der Waals surface area contributed by atoms with Gasteiger partial charge in [-0.1, -0.05) is 42.8 Å². The minimum absolute atomic E-state index is 0.146. The van der Waals surface area contributed by atoms with Crippen molar-refractivity contribution < 1.29 is 26.9 Å². The number of hydrogen-bond acceptors (Lipinski definition) is 3. The third-order valence-electron chi connectivity index (χ3n) is 5.59. The normalized spacial score (nSPS) is 15.6. The Morgan fingerprint density at radius 1 is 0.727 bits per heavy atom. The van der Waals surface area contributed by atoms with Gasteiger partial charge in [-0.15, -0.1) is 0 Å². The molecule has 0 aliphatic heterocycles. The average molecular weight is 475 g/mol. The van der Waals surface area contributed by atoms with Gasteiger partial charge in [0.15, 0.2) is 0 Å².